The van der Waals surface area contributed by atoms with Crippen molar-refractivity contribution in [3.8, 4) is 11.5 Å². The second-order valence-corrected chi connectivity index (χ2v) is 5.06. The van der Waals surface area contributed by atoms with Gasteiger partial charge in [-0.25, -0.2) is 4.79 Å². The van der Waals surface area contributed by atoms with Crippen LogP contribution in [0.1, 0.15) is 27.5 Å². The van der Waals surface area contributed by atoms with Crippen molar-refractivity contribution in [1.29, 1.82) is 0 Å². The van der Waals surface area contributed by atoms with Crippen molar-refractivity contribution in [1.82, 2.24) is 0 Å². The molecule has 0 saturated carbocycles. The third-order valence-corrected chi connectivity index (χ3v) is 3.58. The molecule has 1 aliphatic heterocycles. The molecular formula is C16H15NO4. The number of fused-ring (bicyclic) bond motifs is 1. The fourth-order valence-electron chi connectivity index (χ4n) is 2.46. The largest absolute Gasteiger partial charge is 0.508 e. The average Bonchev–Trinajstić information content (AvgIpc) is 2.83. The highest BCUT2D eigenvalue weighted by molar-refractivity contribution is 5.88. The first-order valence-corrected chi connectivity index (χ1v) is 6.61. The van der Waals surface area contributed by atoms with Gasteiger partial charge >= 0.3 is 5.97 Å². The van der Waals surface area contributed by atoms with E-state index in [1.165, 1.54) is 0 Å². The molecule has 0 radical (unpaired) electrons. The third kappa shape index (κ3) is 2.50. The maximum absolute atomic E-state index is 10.9. The average molecular weight is 285 g/mol. The Hall–Kier alpha value is -2.69. The van der Waals surface area contributed by atoms with Crippen LogP contribution < -0.4 is 10.1 Å². The lowest BCUT2D eigenvalue weighted by molar-refractivity contribution is 0.0697. The van der Waals surface area contributed by atoms with Crippen molar-refractivity contribution in [2.75, 3.05) is 11.9 Å². The molecule has 0 amide bonds. The number of phenols is 1. The van der Waals surface area contributed by atoms with Crippen LogP contribution in [0.3, 0.4) is 0 Å². The molecule has 0 aliphatic carbocycles. The van der Waals surface area contributed by atoms with Gasteiger partial charge in [0.1, 0.15) is 18.1 Å². The molecule has 1 unspecified atom stereocenters. The van der Waals surface area contributed by atoms with E-state index in [1.54, 1.807) is 30.3 Å². The van der Waals surface area contributed by atoms with E-state index in [9.17, 15) is 9.90 Å². The molecule has 2 aromatic carbocycles. The molecular weight excluding hydrogens is 270 g/mol. The molecule has 1 heterocycles. The van der Waals surface area contributed by atoms with Crippen LogP contribution in [0.5, 0.6) is 11.5 Å². The first kappa shape index (κ1) is 13.3. The number of hydrogen-bond donors (Lipinski definition) is 3. The van der Waals surface area contributed by atoms with E-state index in [2.05, 4.69) is 5.32 Å². The zero-order valence-corrected chi connectivity index (χ0v) is 11.5. The normalized spacial score (nSPS) is 16.1. The monoisotopic (exact) mass is 285 g/mol. The van der Waals surface area contributed by atoms with Crippen LogP contribution in [0.15, 0.2) is 36.4 Å². The van der Waals surface area contributed by atoms with Gasteiger partial charge in [0, 0.05) is 17.3 Å². The van der Waals surface area contributed by atoms with Gasteiger partial charge in [-0.05, 0) is 42.8 Å². The topological polar surface area (TPSA) is 78.8 Å². The van der Waals surface area contributed by atoms with Crippen molar-refractivity contribution >= 4 is 11.7 Å². The van der Waals surface area contributed by atoms with Gasteiger partial charge in [0.25, 0.3) is 0 Å². The van der Waals surface area contributed by atoms with Gasteiger partial charge in [-0.1, -0.05) is 0 Å². The summed E-state index contributed by atoms with van der Waals surface area (Å²) in [6.45, 7) is 2.33. The molecule has 0 fully saturated rings. The van der Waals surface area contributed by atoms with Crippen molar-refractivity contribution < 1.29 is 19.7 Å². The van der Waals surface area contributed by atoms with Crippen LogP contribution in [0.25, 0.3) is 0 Å². The number of carboxylic acid groups (broad SMARTS) is 1. The molecule has 5 heteroatoms. The predicted octanol–water partition coefficient (Wildman–Crippen LogP) is 2.94. The van der Waals surface area contributed by atoms with Gasteiger partial charge in [0.05, 0.1) is 11.6 Å². The summed E-state index contributed by atoms with van der Waals surface area (Å²) in [6, 6.07) is 10.0. The highest BCUT2D eigenvalue weighted by Gasteiger charge is 2.24. The standard InChI is InChI=1S/C16H15NO4/c1-9-6-10(16(19)20)2-5-13(9)17-14-8-21-15-7-11(18)3-4-12(14)15/h2-7,14,17-18H,8H2,1H3,(H,19,20). The van der Waals surface area contributed by atoms with Gasteiger partial charge in [-0.2, -0.15) is 0 Å². The van der Waals surface area contributed by atoms with Crippen molar-refractivity contribution in [3.63, 3.8) is 0 Å². The molecule has 0 aromatic heterocycles. The van der Waals surface area contributed by atoms with Crippen LogP contribution >= 0.6 is 0 Å². The van der Waals surface area contributed by atoms with E-state index < -0.39 is 5.97 Å². The summed E-state index contributed by atoms with van der Waals surface area (Å²) < 4.78 is 5.55. The third-order valence-electron chi connectivity index (χ3n) is 3.58. The highest BCUT2D eigenvalue weighted by Crippen LogP contribution is 2.37. The number of carbonyl (C=O) groups is 1. The van der Waals surface area contributed by atoms with Gasteiger partial charge in [-0.3, -0.25) is 0 Å². The number of anilines is 1. The van der Waals surface area contributed by atoms with E-state index in [1.807, 2.05) is 13.0 Å². The second-order valence-electron chi connectivity index (χ2n) is 5.06. The van der Waals surface area contributed by atoms with Crippen molar-refractivity contribution in [2.24, 2.45) is 0 Å². The Morgan fingerprint density at radius 3 is 2.81 bits per heavy atom. The zero-order chi connectivity index (χ0) is 15.0. The molecule has 1 aliphatic rings. The van der Waals surface area contributed by atoms with Crippen LogP contribution in [-0.2, 0) is 0 Å². The summed E-state index contributed by atoms with van der Waals surface area (Å²) in [4.78, 5) is 10.9. The number of nitrogens with one attached hydrogen (secondary N) is 1. The van der Waals surface area contributed by atoms with Gasteiger partial charge in [-0.15, -0.1) is 0 Å². The fourth-order valence-corrected chi connectivity index (χ4v) is 2.46. The van der Waals surface area contributed by atoms with E-state index in [0.29, 0.717) is 12.4 Å². The van der Waals surface area contributed by atoms with Gasteiger partial charge in [0.15, 0.2) is 0 Å². The lowest BCUT2D eigenvalue weighted by Gasteiger charge is -2.15. The van der Waals surface area contributed by atoms with E-state index in [4.69, 9.17) is 9.84 Å². The fraction of sp³-hybridized carbons (Fsp3) is 0.188. The van der Waals surface area contributed by atoms with Crippen LogP contribution in [-0.4, -0.2) is 22.8 Å². The molecule has 3 rings (SSSR count). The Kier molecular flexibility index (Phi) is 3.17. The first-order valence-electron chi connectivity index (χ1n) is 6.61. The summed E-state index contributed by atoms with van der Waals surface area (Å²) in [5.74, 6) is -0.0848. The number of benzene rings is 2. The number of hydrogen-bond acceptors (Lipinski definition) is 4. The Balaban J connectivity index is 1.84. The Morgan fingerprint density at radius 1 is 1.29 bits per heavy atom. The molecule has 1 atom stereocenters. The smallest absolute Gasteiger partial charge is 0.335 e. The Morgan fingerprint density at radius 2 is 2.10 bits per heavy atom. The first-order chi connectivity index (χ1) is 10.0. The minimum Gasteiger partial charge on any atom is -0.508 e. The molecule has 0 bridgehead atoms. The number of aromatic carboxylic acids is 1. The molecule has 3 N–H and O–H groups in total. The SMILES string of the molecule is Cc1cc(C(=O)O)ccc1NC1COc2cc(O)ccc21. The van der Waals surface area contributed by atoms with Crippen molar-refractivity contribution in [2.45, 2.75) is 13.0 Å². The summed E-state index contributed by atoms with van der Waals surface area (Å²) in [5.41, 5.74) is 2.98. The molecule has 21 heavy (non-hydrogen) atoms. The Bertz CT molecular complexity index is 711. The molecule has 0 spiro atoms. The number of rotatable bonds is 3. The Labute approximate surface area is 121 Å². The zero-order valence-electron chi connectivity index (χ0n) is 11.5. The predicted molar refractivity (Wildman–Crippen MR) is 78.1 cm³/mol. The lowest BCUT2D eigenvalue weighted by atomic mass is 10.1. The van der Waals surface area contributed by atoms with Crippen LogP contribution in [0.2, 0.25) is 0 Å². The van der Waals surface area contributed by atoms with E-state index in [0.717, 1.165) is 16.8 Å². The molecule has 5 nitrogen and oxygen atoms in total. The highest BCUT2D eigenvalue weighted by atomic mass is 16.5. The van der Waals surface area contributed by atoms with Gasteiger partial charge < -0.3 is 20.3 Å². The molecule has 0 saturated heterocycles. The summed E-state index contributed by atoms with van der Waals surface area (Å²) in [6.07, 6.45) is 0. The number of phenolic OH excluding ortho intramolecular Hbond substituents is 1. The maximum atomic E-state index is 10.9. The van der Waals surface area contributed by atoms with Crippen LogP contribution in [0.4, 0.5) is 5.69 Å². The summed E-state index contributed by atoms with van der Waals surface area (Å²) in [5, 5.41) is 21.8. The summed E-state index contributed by atoms with van der Waals surface area (Å²) >= 11 is 0. The quantitative estimate of drug-likeness (QED) is 0.808. The van der Waals surface area contributed by atoms with E-state index >= 15 is 0 Å². The second kappa shape index (κ2) is 5.01. The minimum absolute atomic E-state index is 0.0185. The number of ether oxygens (including phenoxy) is 1. The molecule has 2 aromatic rings. The maximum Gasteiger partial charge on any atom is 0.335 e. The van der Waals surface area contributed by atoms with Crippen molar-refractivity contribution in [3.05, 3.63) is 53.1 Å². The molecule has 108 valence electrons. The van der Waals surface area contributed by atoms with E-state index in [-0.39, 0.29) is 17.4 Å². The minimum atomic E-state index is -0.935. The number of carboxylic acids is 1. The van der Waals surface area contributed by atoms with Crippen LogP contribution in [0, 0.1) is 6.92 Å². The number of aryl methyl sites for hydroxylation is 1. The number of aromatic hydroxyl groups is 1. The summed E-state index contributed by atoms with van der Waals surface area (Å²) in [7, 11) is 0. The van der Waals surface area contributed by atoms with Gasteiger partial charge in [0.2, 0.25) is 0 Å². The lowest BCUT2D eigenvalue weighted by Crippen LogP contribution is -2.13.